The van der Waals surface area contributed by atoms with Gasteiger partial charge in [0.05, 0.1) is 4.90 Å². The average molecular weight is 389 g/mol. The quantitative estimate of drug-likeness (QED) is 0.660. The van der Waals surface area contributed by atoms with E-state index in [9.17, 15) is 18.0 Å². The van der Waals surface area contributed by atoms with Gasteiger partial charge in [-0.2, -0.15) is 0 Å². The lowest BCUT2D eigenvalue weighted by atomic mass is 10.1. The van der Waals surface area contributed by atoms with E-state index in [2.05, 4.69) is 0 Å². The highest BCUT2D eigenvalue weighted by Gasteiger charge is 2.20. The van der Waals surface area contributed by atoms with E-state index in [0.29, 0.717) is 31.6 Å². The fraction of sp³-hybridized carbons (Fsp3) is 0.263. The van der Waals surface area contributed by atoms with Gasteiger partial charge in [0, 0.05) is 18.7 Å². The Hall–Kier alpha value is -2.71. The minimum absolute atomic E-state index is 0.0468. The molecule has 8 heteroatoms. The van der Waals surface area contributed by atoms with Gasteiger partial charge in [0.15, 0.2) is 9.84 Å². The summed E-state index contributed by atoms with van der Waals surface area (Å²) in [5.41, 5.74) is 11.9. The summed E-state index contributed by atoms with van der Waals surface area (Å²) in [5, 5.41) is 0. The van der Waals surface area contributed by atoms with Gasteiger partial charge < -0.3 is 16.4 Å². The van der Waals surface area contributed by atoms with Gasteiger partial charge in [-0.05, 0) is 42.8 Å². The molecule has 0 saturated carbocycles. The zero-order valence-electron chi connectivity index (χ0n) is 14.9. The van der Waals surface area contributed by atoms with Crippen molar-refractivity contribution in [2.75, 3.05) is 18.8 Å². The molecular weight excluding hydrogens is 366 g/mol. The molecule has 0 saturated heterocycles. The van der Waals surface area contributed by atoms with Crippen LogP contribution in [0.25, 0.3) is 0 Å². The monoisotopic (exact) mass is 389 g/mol. The third kappa shape index (κ3) is 5.90. The van der Waals surface area contributed by atoms with Crippen LogP contribution in [0.1, 0.15) is 22.3 Å². The van der Waals surface area contributed by atoms with Crippen LogP contribution in [0.5, 0.6) is 0 Å². The molecule has 7 nitrogen and oxygen atoms in total. The Kier molecular flexibility index (Phi) is 7.09. The molecule has 0 bridgehead atoms. The molecule has 0 aromatic heterocycles. The van der Waals surface area contributed by atoms with Gasteiger partial charge in [0.2, 0.25) is 5.91 Å². The van der Waals surface area contributed by atoms with Crippen molar-refractivity contribution in [2.45, 2.75) is 17.9 Å². The Balaban J connectivity index is 2.20. The lowest BCUT2D eigenvalue weighted by molar-refractivity contribution is -0.115. The van der Waals surface area contributed by atoms with Crippen molar-refractivity contribution in [3.63, 3.8) is 0 Å². The number of benzene rings is 2. The summed E-state index contributed by atoms with van der Waals surface area (Å²) in [6, 6.07) is 15.1. The number of nitrogens with zero attached hydrogens (tertiary/aromatic N) is 1. The molecule has 0 fully saturated rings. The van der Waals surface area contributed by atoms with Crippen LogP contribution in [0.15, 0.2) is 59.5 Å². The first-order valence-corrected chi connectivity index (χ1v) is 10.1. The van der Waals surface area contributed by atoms with Gasteiger partial charge in [-0.1, -0.05) is 30.3 Å². The highest BCUT2D eigenvalue weighted by atomic mass is 32.2. The highest BCUT2D eigenvalue weighted by Crippen LogP contribution is 2.15. The minimum Gasteiger partial charge on any atom is -0.369 e. The van der Waals surface area contributed by atoms with Crippen molar-refractivity contribution in [3.8, 4) is 0 Å². The third-order valence-electron chi connectivity index (χ3n) is 3.93. The lowest BCUT2D eigenvalue weighted by Crippen LogP contribution is -2.32. The molecule has 4 N–H and O–H groups in total. The molecule has 0 spiro atoms. The van der Waals surface area contributed by atoms with Crippen molar-refractivity contribution in [1.82, 2.24) is 4.90 Å². The van der Waals surface area contributed by atoms with Crippen LogP contribution in [0.2, 0.25) is 0 Å². The summed E-state index contributed by atoms with van der Waals surface area (Å²) >= 11 is 0. The maximum absolute atomic E-state index is 12.9. The molecule has 2 rings (SSSR count). The smallest absolute Gasteiger partial charge is 0.254 e. The summed E-state index contributed by atoms with van der Waals surface area (Å²) in [6.45, 7) is 1.39. The van der Waals surface area contributed by atoms with E-state index in [1.165, 1.54) is 24.3 Å². The van der Waals surface area contributed by atoms with E-state index in [0.717, 1.165) is 5.56 Å². The molecule has 2 amide bonds. The van der Waals surface area contributed by atoms with Crippen LogP contribution in [-0.4, -0.2) is 44.0 Å². The zero-order chi connectivity index (χ0) is 19.9. The van der Waals surface area contributed by atoms with Crippen molar-refractivity contribution in [3.05, 3.63) is 65.7 Å². The van der Waals surface area contributed by atoms with Crippen LogP contribution in [0.3, 0.4) is 0 Å². The number of hydrogen-bond acceptors (Lipinski definition) is 5. The summed E-state index contributed by atoms with van der Waals surface area (Å²) < 4.78 is 24.1. The molecule has 0 atom stereocenters. The number of carbonyl (C=O) groups is 2. The van der Waals surface area contributed by atoms with Gasteiger partial charge >= 0.3 is 0 Å². The van der Waals surface area contributed by atoms with Gasteiger partial charge in [0.25, 0.3) is 5.91 Å². The Bertz CT molecular complexity index is 881. The van der Waals surface area contributed by atoms with E-state index in [-0.39, 0.29) is 10.8 Å². The SMILES string of the molecule is NCCCN(Cc1ccccc1)C(=O)c1ccc(S(=O)(=O)CC(N)=O)cc1. The lowest BCUT2D eigenvalue weighted by Gasteiger charge is -2.23. The molecule has 144 valence electrons. The molecule has 27 heavy (non-hydrogen) atoms. The van der Waals surface area contributed by atoms with Crippen LogP contribution in [-0.2, 0) is 21.2 Å². The second-order valence-corrected chi connectivity index (χ2v) is 8.09. The van der Waals surface area contributed by atoms with Gasteiger partial charge in [-0.3, -0.25) is 9.59 Å². The van der Waals surface area contributed by atoms with Crippen molar-refractivity contribution in [2.24, 2.45) is 11.5 Å². The second-order valence-electron chi connectivity index (χ2n) is 6.10. The van der Waals surface area contributed by atoms with Crippen molar-refractivity contribution >= 4 is 21.7 Å². The molecule has 0 heterocycles. The molecule has 0 aliphatic heterocycles. The first-order valence-electron chi connectivity index (χ1n) is 8.48. The van der Waals surface area contributed by atoms with E-state index >= 15 is 0 Å². The average Bonchev–Trinajstić information content (AvgIpc) is 2.64. The number of nitrogens with two attached hydrogens (primary N) is 2. The van der Waals surface area contributed by atoms with Crippen LogP contribution in [0, 0.1) is 0 Å². The predicted octanol–water partition coefficient (Wildman–Crippen LogP) is 0.937. The van der Waals surface area contributed by atoms with Gasteiger partial charge in [-0.25, -0.2) is 8.42 Å². The Morgan fingerprint density at radius 1 is 0.963 bits per heavy atom. The van der Waals surface area contributed by atoms with E-state index in [1.807, 2.05) is 30.3 Å². The molecule has 2 aromatic carbocycles. The number of hydrogen-bond donors (Lipinski definition) is 2. The van der Waals surface area contributed by atoms with E-state index < -0.39 is 21.5 Å². The first kappa shape index (κ1) is 20.6. The molecule has 0 radical (unpaired) electrons. The maximum Gasteiger partial charge on any atom is 0.254 e. The summed E-state index contributed by atoms with van der Waals surface area (Å²) in [5.74, 6) is -1.91. The molecule has 0 aliphatic carbocycles. The van der Waals surface area contributed by atoms with Crippen LogP contribution < -0.4 is 11.5 Å². The third-order valence-corrected chi connectivity index (χ3v) is 5.58. The standard InChI is InChI=1S/C19H23N3O4S/c20-11-4-12-22(13-15-5-2-1-3-6-15)19(24)16-7-9-17(10-8-16)27(25,26)14-18(21)23/h1-3,5-10H,4,11-14,20H2,(H2,21,23). The second kappa shape index (κ2) is 9.29. The largest absolute Gasteiger partial charge is 0.369 e. The summed E-state index contributed by atoms with van der Waals surface area (Å²) in [6.07, 6.45) is 0.656. The number of primary amides is 1. The molecular formula is C19H23N3O4S. The van der Waals surface area contributed by atoms with Crippen molar-refractivity contribution in [1.29, 1.82) is 0 Å². The number of rotatable bonds is 9. The topological polar surface area (TPSA) is 124 Å². The summed E-state index contributed by atoms with van der Waals surface area (Å²) in [7, 11) is -3.80. The van der Waals surface area contributed by atoms with E-state index in [1.54, 1.807) is 4.90 Å². The van der Waals surface area contributed by atoms with Gasteiger partial charge in [0.1, 0.15) is 5.75 Å². The minimum atomic E-state index is -3.80. The van der Waals surface area contributed by atoms with Gasteiger partial charge in [-0.15, -0.1) is 0 Å². The number of amides is 2. The molecule has 0 aliphatic rings. The fourth-order valence-corrected chi connectivity index (χ4v) is 3.69. The fourth-order valence-electron chi connectivity index (χ4n) is 2.60. The number of sulfone groups is 1. The normalized spacial score (nSPS) is 11.1. The Morgan fingerprint density at radius 3 is 2.15 bits per heavy atom. The van der Waals surface area contributed by atoms with Crippen LogP contribution in [0.4, 0.5) is 0 Å². The number of carbonyl (C=O) groups excluding carboxylic acids is 2. The first-order chi connectivity index (χ1) is 12.8. The molecule has 0 unspecified atom stereocenters. The van der Waals surface area contributed by atoms with E-state index in [4.69, 9.17) is 11.5 Å². The molecule has 2 aromatic rings. The van der Waals surface area contributed by atoms with Crippen molar-refractivity contribution < 1.29 is 18.0 Å². The van der Waals surface area contributed by atoms with Crippen LogP contribution >= 0.6 is 0 Å². The highest BCUT2D eigenvalue weighted by molar-refractivity contribution is 7.92. The Morgan fingerprint density at radius 2 is 1.59 bits per heavy atom. The maximum atomic E-state index is 12.9. The summed E-state index contributed by atoms with van der Waals surface area (Å²) in [4.78, 5) is 25.4. The predicted molar refractivity (Wildman–Crippen MR) is 103 cm³/mol. The zero-order valence-corrected chi connectivity index (χ0v) is 15.7. The Labute approximate surface area is 158 Å².